The Morgan fingerprint density at radius 1 is 1.31 bits per heavy atom. The summed E-state index contributed by atoms with van der Waals surface area (Å²) >= 11 is -1.12. The molecule has 0 saturated heterocycles. The Labute approximate surface area is 96.9 Å². The van der Waals surface area contributed by atoms with Crippen LogP contribution in [0.25, 0.3) is 11.0 Å². The van der Waals surface area contributed by atoms with E-state index in [0.717, 1.165) is 11.0 Å². The van der Waals surface area contributed by atoms with Crippen LogP contribution in [0.5, 0.6) is 0 Å². The van der Waals surface area contributed by atoms with Gasteiger partial charge in [-0.05, 0) is 25.0 Å². The van der Waals surface area contributed by atoms with E-state index in [1.54, 1.807) is 0 Å². The fraction of sp³-hybridized carbons (Fsp3) is 0.364. The minimum absolute atomic E-state index is 0.0999. The smallest absolute Gasteiger partial charge is 0.321 e. The Balaban J connectivity index is 2.07. The van der Waals surface area contributed by atoms with Crippen molar-refractivity contribution in [2.75, 3.05) is 12.4 Å². The van der Waals surface area contributed by atoms with Crippen LogP contribution < -0.4 is 0 Å². The van der Waals surface area contributed by atoms with Crippen LogP contribution in [0.2, 0.25) is 0 Å². The lowest BCUT2D eigenvalue weighted by Gasteiger charge is -2.05. The molecule has 1 radical (unpaired) electrons. The molecule has 2 aromatic rings. The fourth-order valence-corrected chi connectivity index (χ4v) is 2.55. The van der Waals surface area contributed by atoms with Gasteiger partial charge in [0.25, 0.3) is 0 Å². The van der Waals surface area contributed by atoms with Crippen LogP contribution in [-0.2, 0) is 16.3 Å². The van der Waals surface area contributed by atoms with Crippen LogP contribution in [0.3, 0.4) is 0 Å². The highest BCUT2D eigenvalue weighted by atomic mass is 32.2. The van der Waals surface area contributed by atoms with Gasteiger partial charge < -0.3 is 4.55 Å². The van der Waals surface area contributed by atoms with E-state index < -0.39 is 11.2 Å². The number of benzene rings is 1. The number of hydrogen-bond acceptors (Lipinski definition) is 2. The second-order valence-electron chi connectivity index (χ2n) is 3.52. The molecule has 1 heterocycles. The molecule has 0 aliphatic rings. The molecule has 0 fully saturated rings. The number of nitrogens with zero attached hydrogens (tertiary/aromatic N) is 1. The van der Waals surface area contributed by atoms with Gasteiger partial charge in [0.05, 0.1) is 17.6 Å². The lowest BCUT2D eigenvalue weighted by molar-refractivity contribution is 0.188. The highest BCUT2D eigenvalue weighted by molar-refractivity contribution is 7.91. The molecule has 1 atom stereocenters. The molecular formula is C11H13N2O2S. The predicted octanol–water partition coefficient (Wildman–Crippen LogP) is 1.88. The van der Waals surface area contributed by atoms with E-state index in [0.29, 0.717) is 23.8 Å². The maximum Gasteiger partial charge on any atom is 0.321 e. The van der Waals surface area contributed by atoms with E-state index in [4.69, 9.17) is 0 Å². The van der Waals surface area contributed by atoms with E-state index in [2.05, 4.69) is 9.97 Å². The lowest BCUT2D eigenvalue weighted by Crippen LogP contribution is -2.09. The SMILES string of the molecule is [O]CCCC[S+]([O-])c1nc2ccccc2[nH]1. The van der Waals surface area contributed by atoms with Gasteiger partial charge in [-0.15, -0.1) is 0 Å². The Morgan fingerprint density at radius 3 is 2.88 bits per heavy atom. The second-order valence-corrected chi connectivity index (χ2v) is 5.01. The van der Waals surface area contributed by atoms with E-state index in [1.165, 1.54) is 0 Å². The van der Waals surface area contributed by atoms with Crippen molar-refractivity contribution in [2.45, 2.75) is 18.0 Å². The first-order valence-electron chi connectivity index (χ1n) is 5.22. The topological polar surface area (TPSA) is 71.6 Å². The Morgan fingerprint density at radius 2 is 2.12 bits per heavy atom. The Hall–Kier alpha value is -1.04. The molecule has 1 N–H and O–H groups in total. The molecule has 85 valence electrons. The third kappa shape index (κ3) is 2.55. The maximum atomic E-state index is 11.8. The first-order valence-corrected chi connectivity index (χ1v) is 6.54. The summed E-state index contributed by atoms with van der Waals surface area (Å²) in [5.74, 6) is 0.502. The molecule has 0 saturated carbocycles. The van der Waals surface area contributed by atoms with Crippen LogP contribution in [0, 0.1) is 0 Å². The molecule has 0 spiro atoms. The van der Waals surface area contributed by atoms with Gasteiger partial charge in [-0.25, -0.2) is 5.11 Å². The van der Waals surface area contributed by atoms with Crippen molar-refractivity contribution in [3.05, 3.63) is 24.3 Å². The highest BCUT2D eigenvalue weighted by Gasteiger charge is 2.15. The van der Waals surface area contributed by atoms with Gasteiger partial charge >= 0.3 is 5.16 Å². The molecule has 16 heavy (non-hydrogen) atoms. The zero-order valence-electron chi connectivity index (χ0n) is 8.81. The fourth-order valence-electron chi connectivity index (χ4n) is 1.47. The van der Waals surface area contributed by atoms with Gasteiger partial charge in [-0.3, -0.25) is 4.98 Å². The molecule has 4 nitrogen and oxygen atoms in total. The molecule has 2 rings (SSSR count). The number of para-hydroxylation sites is 2. The molecule has 5 heteroatoms. The molecule has 0 aliphatic heterocycles. The van der Waals surface area contributed by atoms with Crippen LogP contribution >= 0.6 is 0 Å². The lowest BCUT2D eigenvalue weighted by atomic mass is 10.3. The van der Waals surface area contributed by atoms with E-state index in [9.17, 15) is 9.66 Å². The van der Waals surface area contributed by atoms with Crippen molar-refractivity contribution in [3.63, 3.8) is 0 Å². The minimum Gasteiger partial charge on any atom is -0.609 e. The molecule has 1 unspecified atom stereocenters. The molecule has 1 aromatic carbocycles. The van der Waals surface area contributed by atoms with Crippen LogP contribution in [-0.4, -0.2) is 26.9 Å². The number of fused-ring (bicyclic) bond motifs is 1. The predicted molar refractivity (Wildman–Crippen MR) is 62.2 cm³/mol. The molecular weight excluding hydrogens is 224 g/mol. The number of aromatic nitrogens is 2. The van der Waals surface area contributed by atoms with Crippen LogP contribution in [0.15, 0.2) is 29.4 Å². The summed E-state index contributed by atoms with van der Waals surface area (Å²) in [4.78, 5) is 7.29. The zero-order valence-corrected chi connectivity index (χ0v) is 9.63. The highest BCUT2D eigenvalue weighted by Crippen LogP contribution is 2.15. The third-order valence-electron chi connectivity index (χ3n) is 2.31. The van der Waals surface area contributed by atoms with Crippen molar-refractivity contribution in [1.82, 2.24) is 9.97 Å². The van der Waals surface area contributed by atoms with Crippen molar-refractivity contribution in [3.8, 4) is 0 Å². The van der Waals surface area contributed by atoms with Gasteiger partial charge in [0.15, 0.2) is 0 Å². The van der Waals surface area contributed by atoms with E-state index >= 15 is 0 Å². The molecule has 0 amide bonds. The summed E-state index contributed by atoms with van der Waals surface area (Å²) in [5, 5.41) is 10.8. The average Bonchev–Trinajstić information content (AvgIpc) is 2.73. The minimum atomic E-state index is -1.12. The van der Waals surface area contributed by atoms with Crippen LogP contribution in [0.1, 0.15) is 12.8 Å². The normalized spacial score (nSPS) is 13.1. The van der Waals surface area contributed by atoms with Crippen molar-refractivity contribution in [1.29, 1.82) is 0 Å². The first-order chi connectivity index (χ1) is 7.81. The maximum absolute atomic E-state index is 11.8. The van der Waals surface area contributed by atoms with E-state index in [-0.39, 0.29) is 6.61 Å². The second kappa shape index (κ2) is 5.34. The number of hydrogen-bond donors (Lipinski definition) is 1. The standard InChI is InChI=1S/C11H13N2O2S/c14-7-3-4-8-16(15)11-12-9-5-1-2-6-10(9)13-11/h1-2,5-6H,3-4,7-8H2,(H,12,13). The summed E-state index contributed by atoms with van der Waals surface area (Å²) in [5.41, 5.74) is 1.73. The largest absolute Gasteiger partial charge is 0.609 e. The number of rotatable bonds is 5. The summed E-state index contributed by atoms with van der Waals surface area (Å²) in [6.07, 6.45) is 1.26. The number of unbranched alkanes of at least 4 members (excludes halogenated alkanes) is 1. The summed E-state index contributed by atoms with van der Waals surface area (Å²) in [6.45, 7) is -0.0999. The van der Waals surface area contributed by atoms with Crippen LogP contribution in [0.4, 0.5) is 0 Å². The van der Waals surface area contributed by atoms with Crippen molar-refractivity contribution in [2.24, 2.45) is 0 Å². The number of H-pyrrole nitrogens is 1. The Bertz CT molecular complexity index is 425. The number of aromatic amines is 1. The van der Waals surface area contributed by atoms with Crippen molar-refractivity contribution < 1.29 is 9.66 Å². The number of imidazole rings is 1. The van der Waals surface area contributed by atoms with Gasteiger partial charge in [0, 0.05) is 11.2 Å². The number of nitrogens with one attached hydrogen (secondary N) is 1. The monoisotopic (exact) mass is 237 g/mol. The summed E-state index contributed by atoms with van der Waals surface area (Å²) < 4.78 is 11.8. The Kier molecular flexibility index (Phi) is 3.82. The zero-order chi connectivity index (χ0) is 11.4. The third-order valence-corrected chi connectivity index (χ3v) is 3.59. The quantitative estimate of drug-likeness (QED) is 0.637. The molecule has 0 bridgehead atoms. The first kappa shape index (κ1) is 11.4. The van der Waals surface area contributed by atoms with E-state index in [1.807, 2.05) is 24.3 Å². The molecule has 1 aromatic heterocycles. The van der Waals surface area contributed by atoms with Crippen molar-refractivity contribution >= 4 is 22.2 Å². The van der Waals surface area contributed by atoms with Gasteiger partial charge in [0.2, 0.25) is 0 Å². The van der Waals surface area contributed by atoms with Gasteiger partial charge in [-0.2, -0.15) is 4.98 Å². The summed E-state index contributed by atoms with van der Waals surface area (Å²) in [7, 11) is 0. The average molecular weight is 237 g/mol. The molecule has 0 aliphatic carbocycles. The summed E-state index contributed by atoms with van der Waals surface area (Å²) in [6, 6.07) is 7.59. The van der Waals surface area contributed by atoms with Gasteiger partial charge in [-0.1, -0.05) is 12.1 Å². The van der Waals surface area contributed by atoms with Gasteiger partial charge in [0.1, 0.15) is 5.75 Å².